The number of nitrogens with zero attached hydrogens (tertiary/aromatic N) is 1. The second kappa shape index (κ2) is 7.05. The highest BCUT2D eigenvalue weighted by Gasteiger charge is 2.29. The van der Waals surface area contributed by atoms with Gasteiger partial charge in [0.25, 0.3) is 0 Å². The Morgan fingerprint density at radius 2 is 1.58 bits per heavy atom. The first kappa shape index (κ1) is 18.0. The van der Waals surface area contributed by atoms with Gasteiger partial charge in [0.2, 0.25) is 15.9 Å². The molecule has 24 heavy (non-hydrogen) atoms. The molecule has 0 aromatic heterocycles. The van der Waals surface area contributed by atoms with Crippen LogP contribution in [0, 0.1) is 13.8 Å². The van der Waals surface area contributed by atoms with Gasteiger partial charge in [0.05, 0.1) is 11.9 Å². The molecule has 1 amide bonds. The lowest BCUT2D eigenvalue weighted by atomic mass is 10.1. The summed E-state index contributed by atoms with van der Waals surface area (Å²) >= 11 is 0. The molecular weight excluding hydrogens is 324 g/mol. The lowest BCUT2D eigenvalue weighted by Gasteiger charge is -2.28. The SMILES string of the molecule is Cc1cc(C)cc(N([C@@H](C)C(=O)Nc2ccccc2)S(C)(=O)=O)c1. The van der Waals surface area contributed by atoms with Gasteiger partial charge in [0.15, 0.2) is 0 Å². The van der Waals surface area contributed by atoms with Crippen molar-refractivity contribution in [2.24, 2.45) is 0 Å². The molecule has 0 saturated carbocycles. The van der Waals surface area contributed by atoms with Gasteiger partial charge < -0.3 is 5.32 Å². The number of nitrogens with one attached hydrogen (secondary N) is 1. The fourth-order valence-corrected chi connectivity index (χ4v) is 3.81. The predicted octanol–water partition coefficient (Wildman–Crippen LogP) is 3.10. The van der Waals surface area contributed by atoms with Gasteiger partial charge in [0.1, 0.15) is 6.04 Å². The molecule has 2 rings (SSSR count). The van der Waals surface area contributed by atoms with E-state index < -0.39 is 16.1 Å². The summed E-state index contributed by atoms with van der Waals surface area (Å²) in [5.74, 6) is -0.384. The number of aryl methyl sites for hydroxylation is 2. The molecule has 0 aliphatic heterocycles. The van der Waals surface area contributed by atoms with Crippen LogP contribution in [0.15, 0.2) is 48.5 Å². The minimum Gasteiger partial charge on any atom is -0.324 e. The third-order valence-electron chi connectivity index (χ3n) is 3.59. The first-order valence-corrected chi connectivity index (χ1v) is 9.47. The molecule has 0 aliphatic carbocycles. The number of hydrogen-bond donors (Lipinski definition) is 1. The maximum Gasteiger partial charge on any atom is 0.247 e. The summed E-state index contributed by atoms with van der Waals surface area (Å²) in [5.41, 5.74) is 3.00. The van der Waals surface area contributed by atoms with Crippen molar-refractivity contribution in [3.63, 3.8) is 0 Å². The van der Waals surface area contributed by atoms with Crippen LogP contribution < -0.4 is 9.62 Å². The third kappa shape index (κ3) is 4.35. The Morgan fingerprint density at radius 1 is 1.04 bits per heavy atom. The topological polar surface area (TPSA) is 66.5 Å². The Kier molecular flexibility index (Phi) is 5.29. The molecule has 0 unspecified atom stereocenters. The zero-order chi connectivity index (χ0) is 17.9. The maximum atomic E-state index is 12.5. The normalized spacial score (nSPS) is 12.5. The second-order valence-corrected chi connectivity index (χ2v) is 7.80. The largest absolute Gasteiger partial charge is 0.324 e. The summed E-state index contributed by atoms with van der Waals surface area (Å²) in [6.07, 6.45) is 1.11. The average molecular weight is 346 g/mol. The smallest absolute Gasteiger partial charge is 0.247 e. The molecule has 0 bridgehead atoms. The van der Waals surface area contributed by atoms with Crippen LogP contribution in [0.25, 0.3) is 0 Å². The number of benzene rings is 2. The number of anilines is 2. The molecule has 5 nitrogen and oxygen atoms in total. The van der Waals surface area contributed by atoms with Crippen LogP contribution in [0.2, 0.25) is 0 Å². The van der Waals surface area contributed by atoms with E-state index in [4.69, 9.17) is 0 Å². The highest BCUT2D eigenvalue weighted by atomic mass is 32.2. The molecule has 0 fully saturated rings. The molecule has 6 heteroatoms. The van der Waals surface area contributed by atoms with Gasteiger partial charge in [-0.05, 0) is 56.2 Å². The second-order valence-electron chi connectivity index (χ2n) is 5.94. The van der Waals surface area contributed by atoms with E-state index in [1.54, 1.807) is 43.3 Å². The summed E-state index contributed by atoms with van der Waals surface area (Å²) in [6.45, 7) is 5.37. The van der Waals surface area contributed by atoms with E-state index >= 15 is 0 Å². The molecule has 0 spiro atoms. The van der Waals surface area contributed by atoms with E-state index in [1.165, 1.54) is 0 Å². The highest BCUT2D eigenvalue weighted by molar-refractivity contribution is 7.92. The Balaban J connectivity index is 2.36. The molecule has 1 N–H and O–H groups in total. The van der Waals surface area contributed by atoms with Crippen molar-refractivity contribution in [1.82, 2.24) is 0 Å². The zero-order valence-electron chi connectivity index (χ0n) is 14.3. The fraction of sp³-hybridized carbons (Fsp3) is 0.278. The number of carbonyl (C=O) groups excluding carboxylic acids is 1. The standard InChI is InChI=1S/C18H22N2O3S/c1-13-10-14(2)12-17(11-13)20(24(4,22)23)15(3)18(21)19-16-8-6-5-7-9-16/h5-12,15H,1-4H3,(H,19,21)/t15-/m0/s1. The monoisotopic (exact) mass is 346 g/mol. The first-order valence-electron chi connectivity index (χ1n) is 7.62. The van der Waals surface area contributed by atoms with E-state index in [1.807, 2.05) is 26.0 Å². The van der Waals surface area contributed by atoms with Gasteiger partial charge >= 0.3 is 0 Å². The maximum absolute atomic E-state index is 12.5. The summed E-state index contributed by atoms with van der Waals surface area (Å²) in [5, 5.41) is 2.75. The number of carbonyl (C=O) groups is 1. The molecule has 1 atom stereocenters. The molecule has 0 heterocycles. The van der Waals surface area contributed by atoms with Gasteiger partial charge in [-0.2, -0.15) is 0 Å². The fourth-order valence-electron chi connectivity index (χ4n) is 2.65. The van der Waals surface area contributed by atoms with Gasteiger partial charge in [-0.15, -0.1) is 0 Å². The van der Waals surface area contributed by atoms with E-state index in [0.717, 1.165) is 21.7 Å². The van der Waals surface area contributed by atoms with E-state index in [-0.39, 0.29) is 5.91 Å². The Morgan fingerprint density at radius 3 is 2.08 bits per heavy atom. The lowest BCUT2D eigenvalue weighted by Crippen LogP contribution is -2.45. The average Bonchev–Trinajstić information content (AvgIpc) is 2.45. The molecular formula is C18H22N2O3S. The number of para-hydroxylation sites is 1. The Hall–Kier alpha value is -2.34. The molecule has 2 aromatic carbocycles. The Labute approximate surface area is 143 Å². The van der Waals surface area contributed by atoms with E-state index in [2.05, 4.69) is 5.32 Å². The molecule has 0 radical (unpaired) electrons. The van der Waals surface area contributed by atoms with Crippen molar-refractivity contribution >= 4 is 27.3 Å². The van der Waals surface area contributed by atoms with Crippen LogP contribution in [0.3, 0.4) is 0 Å². The summed E-state index contributed by atoms with van der Waals surface area (Å²) in [4.78, 5) is 12.5. The van der Waals surface area contributed by atoms with Crippen LogP contribution >= 0.6 is 0 Å². The van der Waals surface area contributed by atoms with E-state index in [0.29, 0.717) is 11.4 Å². The number of sulfonamides is 1. The zero-order valence-corrected chi connectivity index (χ0v) is 15.1. The van der Waals surface area contributed by atoms with Crippen molar-refractivity contribution in [3.05, 3.63) is 59.7 Å². The quantitative estimate of drug-likeness (QED) is 0.905. The molecule has 0 aliphatic rings. The van der Waals surface area contributed by atoms with Crippen molar-refractivity contribution in [2.75, 3.05) is 15.9 Å². The van der Waals surface area contributed by atoms with Crippen molar-refractivity contribution in [1.29, 1.82) is 0 Å². The molecule has 0 saturated heterocycles. The highest BCUT2D eigenvalue weighted by Crippen LogP contribution is 2.24. The van der Waals surface area contributed by atoms with Gasteiger partial charge in [-0.1, -0.05) is 24.3 Å². The first-order chi connectivity index (χ1) is 11.2. The van der Waals surface area contributed by atoms with Crippen LogP contribution in [-0.4, -0.2) is 26.6 Å². The van der Waals surface area contributed by atoms with Gasteiger partial charge in [-0.3, -0.25) is 9.10 Å². The van der Waals surface area contributed by atoms with Crippen LogP contribution in [-0.2, 0) is 14.8 Å². The van der Waals surface area contributed by atoms with Crippen molar-refractivity contribution in [2.45, 2.75) is 26.8 Å². The van der Waals surface area contributed by atoms with Crippen molar-refractivity contribution < 1.29 is 13.2 Å². The lowest BCUT2D eigenvalue weighted by molar-refractivity contribution is -0.116. The minimum absolute atomic E-state index is 0.384. The minimum atomic E-state index is -3.62. The van der Waals surface area contributed by atoms with Crippen LogP contribution in [0.4, 0.5) is 11.4 Å². The van der Waals surface area contributed by atoms with Gasteiger partial charge in [-0.25, -0.2) is 8.42 Å². The van der Waals surface area contributed by atoms with Crippen molar-refractivity contribution in [3.8, 4) is 0 Å². The molecule has 128 valence electrons. The van der Waals surface area contributed by atoms with E-state index in [9.17, 15) is 13.2 Å². The molecule has 2 aromatic rings. The number of hydrogen-bond acceptors (Lipinski definition) is 3. The summed E-state index contributed by atoms with van der Waals surface area (Å²) in [7, 11) is -3.62. The van der Waals surface area contributed by atoms with Crippen LogP contribution in [0.1, 0.15) is 18.1 Å². The number of amides is 1. The number of rotatable bonds is 5. The van der Waals surface area contributed by atoms with Gasteiger partial charge in [0, 0.05) is 5.69 Å². The summed E-state index contributed by atoms with van der Waals surface area (Å²) < 4.78 is 25.8. The third-order valence-corrected chi connectivity index (χ3v) is 4.83. The summed E-state index contributed by atoms with van der Waals surface area (Å²) in [6, 6.07) is 13.6. The predicted molar refractivity (Wildman–Crippen MR) is 97.8 cm³/mol. The van der Waals surface area contributed by atoms with Crippen LogP contribution in [0.5, 0.6) is 0 Å². The Bertz CT molecular complexity index is 812.